The van der Waals surface area contributed by atoms with Crippen LogP contribution in [0, 0.1) is 6.92 Å². The molecule has 2 heterocycles. The van der Waals surface area contributed by atoms with E-state index in [4.69, 9.17) is 14.2 Å². The largest absolute Gasteiger partial charge is 0.488 e. The summed E-state index contributed by atoms with van der Waals surface area (Å²) in [4.78, 5) is 2.42. The van der Waals surface area contributed by atoms with Crippen LogP contribution in [0.3, 0.4) is 0 Å². The first-order valence-electron chi connectivity index (χ1n) is 7.44. The molecule has 2 saturated heterocycles. The van der Waals surface area contributed by atoms with Gasteiger partial charge in [0.2, 0.25) is 0 Å². The van der Waals surface area contributed by atoms with Crippen molar-refractivity contribution in [3.8, 4) is 5.75 Å². The molecular weight excluding hydrogens is 254 g/mol. The molecule has 4 nitrogen and oxygen atoms in total. The maximum absolute atomic E-state index is 5.96. The maximum Gasteiger partial charge on any atom is 0.124 e. The van der Waals surface area contributed by atoms with Crippen molar-refractivity contribution in [1.29, 1.82) is 0 Å². The van der Waals surface area contributed by atoms with E-state index in [2.05, 4.69) is 24.0 Å². The molecule has 1 unspecified atom stereocenters. The van der Waals surface area contributed by atoms with Crippen LogP contribution in [0.1, 0.15) is 12.0 Å². The highest BCUT2D eigenvalue weighted by Crippen LogP contribution is 2.19. The highest BCUT2D eigenvalue weighted by molar-refractivity contribution is 5.27. The summed E-state index contributed by atoms with van der Waals surface area (Å²) in [6, 6.07) is 8.26. The van der Waals surface area contributed by atoms with Crippen LogP contribution in [0.5, 0.6) is 5.75 Å². The fourth-order valence-corrected chi connectivity index (χ4v) is 2.69. The Morgan fingerprint density at radius 2 is 2.20 bits per heavy atom. The van der Waals surface area contributed by atoms with E-state index in [-0.39, 0.29) is 6.10 Å². The molecule has 2 aliphatic rings. The number of hydrogen-bond acceptors (Lipinski definition) is 4. The van der Waals surface area contributed by atoms with Crippen molar-refractivity contribution in [2.24, 2.45) is 0 Å². The molecule has 20 heavy (non-hydrogen) atoms. The number of nitrogens with zero attached hydrogens (tertiary/aromatic N) is 1. The van der Waals surface area contributed by atoms with Gasteiger partial charge in [-0.25, -0.2) is 0 Å². The number of benzene rings is 1. The van der Waals surface area contributed by atoms with E-state index < -0.39 is 0 Å². The monoisotopic (exact) mass is 277 g/mol. The van der Waals surface area contributed by atoms with Gasteiger partial charge in [-0.05, 0) is 31.0 Å². The number of aryl methyl sites for hydroxylation is 1. The van der Waals surface area contributed by atoms with Crippen molar-refractivity contribution in [2.75, 3.05) is 39.5 Å². The molecule has 0 saturated carbocycles. The third kappa shape index (κ3) is 3.72. The molecule has 2 aliphatic heterocycles. The highest BCUT2D eigenvalue weighted by atomic mass is 16.6. The van der Waals surface area contributed by atoms with Crippen molar-refractivity contribution in [1.82, 2.24) is 4.90 Å². The average molecular weight is 277 g/mol. The summed E-state index contributed by atoms with van der Waals surface area (Å²) in [5, 5.41) is 0. The summed E-state index contributed by atoms with van der Waals surface area (Å²) in [5.41, 5.74) is 1.24. The first kappa shape index (κ1) is 13.9. The summed E-state index contributed by atoms with van der Waals surface area (Å²) in [6.45, 7) is 7.42. The van der Waals surface area contributed by atoms with Gasteiger partial charge in [0.15, 0.2) is 0 Å². The van der Waals surface area contributed by atoms with Gasteiger partial charge in [0, 0.05) is 19.6 Å². The van der Waals surface area contributed by atoms with Crippen molar-refractivity contribution in [3.63, 3.8) is 0 Å². The minimum absolute atomic E-state index is 0.278. The van der Waals surface area contributed by atoms with Gasteiger partial charge in [-0.1, -0.05) is 12.1 Å². The quantitative estimate of drug-likeness (QED) is 0.822. The molecule has 0 aliphatic carbocycles. The van der Waals surface area contributed by atoms with Crippen LogP contribution in [0.2, 0.25) is 0 Å². The van der Waals surface area contributed by atoms with E-state index in [1.807, 2.05) is 12.1 Å². The van der Waals surface area contributed by atoms with Gasteiger partial charge in [0.25, 0.3) is 0 Å². The second-order valence-electron chi connectivity index (χ2n) is 5.67. The number of ether oxygens (including phenoxy) is 3. The summed E-state index contributed by atoms with van der Waals surface area (Å²) < 4.78 is 17.0. The highest BCUT2D eigenvalue weighted by Gasteiger charge is 2.29. The van der Waals surface area contributed by atoms with Crippen LogP contribution in [-0.2, 0) is 9.47 Å². The molecule has 0 spiro atoms. The van der Waals surface area contributed by atoms with Crippen LogP contribution in [0.25, 0.3) is 0 Å². The lowest BCUT2D eigenvalue weighted by molar-refractivity contribution is -0.0964. The van der Waals surface area contributed by atoms with E-state index in [1.165, 1.54) is 5.56 Å². The summed E-state index contributed by atoms with van der Waals surface area (Å²) in [5.74, 6) is 0.985. The molecular formula is C16H23NO3. The zero-order valence-electron chi connectivity index (χ0n) is 12.1. The second kappa shape index (κ2) is 6.57. The summed E-state index contributed by atoms with van der Waals surface area (Å²) >= 11 is 0. The first-order chi connectivity index (χ1) is 9.79. The Bertz CT molecular complexity index is 425. The Morgan fingerprint density at radius 1 is 1.30 bits per heavy atom. The number of hydrogen-bond donors (Lipinski definition) is 0. The number of rotatable bonds is 5. The molecule has 0 aromatic heterocycles. The Labute approximate surface area is 120 Å². The van der Waals surface area contributed by atoms with Crippen molar-refractivity contribution in [3.05, 3.63) is 29.8 Å². The van der Waals surface area contributed by atoms with Gasteiger partial charge in [0.1, 0.15) is 11.9 Å². The lowest BCUT2D eigenvalue weighted by atomic mass is 10.1. The minimum Gasteiger partial charge on any atom is -0.488 e. The Hall–Kier alpha value is -1.10. The summed E-state index contributed by atoms with van der Waals surface area (Å²) in [6.07, 6.45) is 1.66. The number of likely N-dealkylation sites (tertiary alicyclic amines) is 1. The van der Waals surface area contributed by atoms with E-state index in [9.17, 15) is 0 Å². The van der Waals surface area contributed by atoms with Crippen LogP contribution < -0.4 is 4.74 Å². The van der Waals surface area contributed by atoms with E-state index in [0.717, 1.165) is 51.6 Å². The van der Waals surface area contributed by atoms with E-state index in [1.54, 1.807) is 0 Å². The smallest absolute Gasteiger partial charge is 0.124 e. The van der Waals surface area contributed by atoms with Crippen molar-refractivity contribution in [2.45, 2.75) is 25.6 Å². The third-order valence-corrected chi connectivity index (χ3v) is 3.87. The molecule has 1 aromatic rings. The molecule has 0 radical (unpaired) electrons. The van der Waals surface area contributed by atoms with Crippen LogP contribution in [0.15, 0.2) is 24.3 Å². The molecule has 0 amide bonds. The van der Waals surface area contributed by atoms with Gasteiger partial charge in [-0.15, -0.1) is 0 Å². The van der Waals surface area contributed by atoms with E-state index >= 15 is 0 Å². The van der Waals surface area contributed by atoms with E-state index in [0.29, 0.717) is 6.10 Å². The lowest BCUT2D eigenvalue weighted by Crippen LogP contribution is -2.54. The summed E-state index contributed by atoms with van der Waals surface area (Å²) in [7, 11) is 0. The molecule has 1 atom stereocenters. The maximum atomic E-state index is 5.96. The Balaban J connectivity index is 1.34. The fraction of sp³-hybridized carbons (Fsp3) is 0.625. The molecule has 2 fully saturated rings. The van der Waals surface area contributed by atoms with Crippen molar-refractivity contribution < 1.29 is 14.2 Å². The minimum atomic E-state index is 0.278. The average Bonchev–Trinajstić information content (AvgIpc) is 2.42. The molecule has 3 rings (SSSR count). The molecule has 4 heteroatoms. The van der Waals surface area contributed by atoms with Crippen LogP contribution in [-0.4, -0.2) is 56.6 Å². The third-order valence-electron chi connectivity index (χ3n) is 3.87. The second-order valence-corrected chi connectivity index (χ2v) is 5.67. The molecule has 0 N–H and O–H groups in total. The lowest BCUT2D eigenvalue weighted by Gasteiger charge is -2.39. The Morgan fingerprint density at radius 3 is 2.95 bits per heavy atom. The predicted octanol–water partition coefficient (Wildman–Crippen LogP) is 1.86. The van der Waals surface area contributed by atoms with Crippen LogP contribution in [0.4, 0.5) is 0 Å². The van der Waals surface area contributed by atoms with Gasteiger partial charge >= 0.3 is 0 Å². The molecule has 1 aromatic carbocycles. The zero-order valence-corrected chi connectivity index (χ0v) is 12.1. The van der Waals surface area contributed by atoms with Gasteiger partial charge in [-0.2, -0.15) is 0 Å². The predicted molar refractivity (Wildman–Crippen MR) is 77.2 cm³/mol. The first-order valence-corrected chi connectivity index (χ1v) is 7.44. The fourth-order valence-electron chi connectivity index (χ4n) is 2.69. The zero-order chi connectivity index (χ0) is 13.8. The Kier molecular flexibility index (Phi) is 4.55. The standard InChI is InChI=1S/C16H23NO3/c1-13-3-2-4-14(9-13)20-16-10-17(11-16)6-5-15-12-18-7-8-19-15/h2-4,9,15-16H,5-8,10-12H2,1H3. The van der Waals surface area contributed by atoms with Gasteiger partial charge < -0.3 is 14.2 Å². The molecule has 0 bridgehead atoms. The van der Waals surface area contributed by atoms with Crippen molar-refractivity contribution >= 4 is 0 Å². The normalized spacial score (nSPS) is 24.4. The van der Waals surface area contributed by atoms with Gasteiger partial charge in [-0.3, -0.25) is 4.90 Å². The van der Waals surface area contributed by atoms with Crippen LogP contribution >= 0.6 is 0 Å². The SMILES string of the molecule is Cc1cccc(OC2CN(CCC3COCCO3)C2)c1. The topological polar surface area (TPSA) is 30.9 Å². The van der Waals surface area contributed by atoms with Gasteiger partial charge in [0.05, 0.1) is 25.9 Å². The molecule has 110 valence electrons.